The zero-order valence-electron chi connectivity index (χ0n) is 36.9. The van der Waals surface area contributed by atoms with Crippen molar-refractivity contribution in [3.05, 3.63) is 249 Å². The molecule has 68 heavy (non-hydrogen) atoms. The van der Waals surface area contributed by atoms with Gasteiger partial charge in [-0.2, -0.15) is 9.97 Å². The Kier molecular flexibility index (Phi) is 9.43. The molecule has 13 aromatic rings. The molecule has 5 nitrogen and oxygen atoms in total. The highest BCUT2D eigenvalue weighted by Gasteiger charge is 2.25. The molecule has 3 aromatic heterocycles. The van der Waals surface area contributed by atoms with Crippen LogP contribution in [-0.4, -0.2) is 24.1 Å². The van der Waals surface area contributed by atoms with Gasteiger partial charge in [0, 0.05) is 38.2 Å². The molecule has 0 fully saturated rings. The van der Waals surface area contributed by atoms with Gasteiger partial charge in [0.15, 0.2) is 11.6 Å². The Labute approximate surface area is 393 Å². The maximum atomic E-state index is 5.53. The monoisotopic (exact) mass is 867 g/mol. The summed E-state index contributed by atoms with van der Waals surface area (Å²) in [7, 11) is 0. The van der Waals surface area contributed by atoms with Crippen molar-refractivity contribution < 1.29 is 0 Å². The molecule has 0 saturated carbocycles. The lowest BCUT2D eigenvalue weighted by molar-refractivity contribution is 0.953. The number of hydrogen-bond donors (Lipinski definition) is 0. The SMILES string of the molecule is c1ccc(-c2cccc(-c3nc(-c4cccc(-c5ccccc5)c4)nc(-n4c5ccc(-c6ccccc6)cc5c5ccc6c7ccccc7n(-c7ccccc7-c7ccccc7)c6c54)n3)c2)cc1. The molecule has 0 radical (unpaired) electrons. The van der Waals surface area contributed by atoms with Crippen LogP contribution in [0.2, 0.25) is 0 Å². The van der Waals surface area contributed by atoms with Crippen molar-refractivity contribution >= 4 is 43.6 Å². The van der Waals surface area contributed by atoms with E-state index in [1.807, 2.05) is 12.1 Å². The predicted molar refractivity (Wildman–Crippen MR) is 281 cm³/mol. The molecule has 10 aromatic carbocycles. The van der Waals surface area contributed by atoms with E-state index >= 15 is 0 Å². The van der Waals surface area contributed by atoms with Gasteiger partial charge in [-0.3, -0.25) is 4.57 Å². The van der Waals surface area contributed by atoms with E-state index in [-0.39, 0.29) is 0 Å². The third-order valence-electron chi connectivity index (χ3n) is 13.2. The van der Waals surface area contributed by atoms with E-state index in [2.05, 4.69) is 246 Å². The van der Waals surface area contributed by atoms with E-state index in [4.69, 9.17) is 15.0 Å². The van der Waals surface area contributed by atoms with Crippen molar-refractivity contribution in [3.63, 3.8) is 0 Å². The van der Waals surface area contributed by atoms with Crippen LogP contribution >= 0.6 is 0 Å². The maximum absolute atomic E-state index is 5.53. The number of fused-ring (bicyclic) bond motifs is 7. The highest BCUT2D eigenvalue weighted by atomic mass is 15.2. The third kappa shape index (κ3) is 6.68. The molecule has 0 aliphatic rings. The molecule has 13 rings (SSSR count). The Morgan fingerprint density at radius 2 is 0.691 bits per heavy atom. The minimum Gasteiger partial charge on any atom is -0.307 e. The van der Waals surface area contributed by atoms with Crippen molar-refractivity contribution in [2.24, 2.45) is 0 Å². The molecule has 0 aliphatic carbocycles. The van der Waals surface area contributed by atoms with Gasteiger partial charge in [0.1, 0.15) is 0 Å². The molecule has 0 unspecified atom stereocenters. The maximum Gasteiger partial charge on any atom is 0.238 e. The second-order valence-electron chi connectivity index (χ2n) is 17.2. The van der Waals surface area contributed by atoms with Crippen LogP contribution in [0.5, 0.6) is 0 Å². The first kappa shape index (κ1) is 39.2. The summed E-state index contributed by atoms with van der Waals surface area (Å²) in [6.45, 7) is 0. The first-order valence-electron chi connectivity index (χ1n) is 23.0. The second kappa shape index (κ2) is 16.4. The summed E-state index contributed by atoms with van der Waals surface area (Å²) in [4.78, 5) is 16.4. The lowest BCUT2D eigenvalue weighted by atomic mass is 10.0. The fourth-order valence-electron chi connectivity index (χ4n) is 10.0. The summed E-state index contributed by atoms with van der Waals surface area (Å²) >= 11 is 0. The molecular formula is C63H41N5. The Morgan fingerprint density at radius 3 is 1.29 bits per heavy atom. The Hall–Kier alpha value is -9.19. The molecule has 0 bridgehead atoms. The fraction of sp³-hybridized carbons (Fsp3) is 0. The summed E-state index contributed by atoms with van der Waals surface area (Å²) in [5, 5.41) is 4.52. The molecule has 0 amide bonds. The average Bonchev–Trinajstić information content (AvgIpc) is 3.94. The van der Waals surface area contributed by atoms with Crippen LogP contribution in [0.1, 0.15) is 0 Å². The Morgan fingerprint density at radius 1 is 0.250 bits per heavy atom. The summed E-state index contributed by atoms with van der Waals surface area (Å²) < 4.78 is 4.75. The quantitative estimate of drug-likeness (QED) is 0.153. The van der Waals surface area contributed by atoms with E-state index < -0.39 is 0 Å². The largest absolute Gasteiger partial charge is 0.307 e. The normalized spacial score (nSPS) is 11.5. The van der Waals surface area contributed by atoms with Crippen LogP contribution in [0.4, 0.5) is 0 Å². The molecule has 0 spiro atoms. The first-order valence-corrected chi connectivity index (χ1v) is 23.0. The minimum absolute atomic E-state index is 0.536. The number of para-hydroxylation sites is 2. The fourth-order valence-corrected chi connectivity index (χ4v) is 10.0. The average molecular weight is 868 g/mol. The Balaban J connectivity index is 1.16. The van der Waals surface area contributed by atoms with Gasteiger partial charge in [-0.15, -0.1) is 0 Å². The zero-order chi connectivity index (χ0) is 45.0. The van der Waals surface area contributed by atoms with Crippen molar-refractivity contribution in [1.82, 2.24) is 24.1 Å². The smallest absolute Gasteiger partial charge is 0.238 e. The molecule has 0 aliphatic heterocycles. The summed E-state index contributed by atoms with van der Waals surface area (Å²) in [6, 6.07) is 88.2. The van der Waals surface area contributed by atoms with Crippen LogP contribution in [0.25, 0.3) is 123 Å². The third-order valence-corrected chi connectivity index (χ3v) is 13.2. The molecule has 0 N–H and O–H groups in total. The molecule has 0 saturated heterocycles. The summed E-state index contributed by atoms with van der Waals surface area (Å²) in [6.07, 6.45) is 0. The van der Waals surface area contributed by atoms with Gasteiger partial charge in [-0.25, -0.2) is 4.98 Å². The predicted octanol–water partition coefficient (Wildman–Crippen LogP) is 16.1. The van der Waals surface area contributed by atoms with E-state index in [1.165, 1.54) is 5.39 Å². The van der Waals surface area contributed by atoms with Gasteiger partial charge >= 0.3 is 0 Å². The number of nitrogens with zero attached hydrogens (tertiary/aromatic N) is 5. The van der Waals surface area contributed by atoms with Gasteiger partial charge in [0.2, 0.25) is 5.95 Å². The van der Waals surface area contributed by atoms with Crippen LogP contribution < -0.4 is 0 Å². The molecular weight excluding hydrogens is 827 g/mol. The van der Waals surface area contributed by atoms with Crippen LogP contribution in [-0.2, 0) is 0 Å². The second-order valence-corrected chi connectivity index (χ2v) is 17.2. The van der Waals surface area contributed by atoms with Gasteiger partial charge in [0.05, 0.1) is 27.8 Å². The molecule has 3 heterocycles. The highest BCUT2D eigenvalue weighted by Crippen LogP contribution is 2.44. The van der Waals surface area contributed by atoms with Crippen molar-refractivity contribution in [2.45, 2.75) is 0 Å². The number of benzene rings is 10. The van der Waals surface area contributed by atoms with Gasteiger partial charge < -0.3 is 4.57 Å². The number of hydrogen-bond acceptors (Lipinski definition) is 3. The topological polar surface area (TPSA) is 48.5 Å². The van der Waals surface area contributed by atoms with Crippen LogP contribution in [0, 0.1) is 0 Å². The van der Waals surface area contributed by atoms with E-state index in [9.17, 15) is 0 Å². The minimum atomic E-state index is 0.536. The molecule has 318 valence electrons. The summed E-state index contributed by atoms with van der Waals surface area (Å²) in [5.41, 5.74) is 16.1. The highest BCUT2D eigenvalue weighted by molar-refractivity contribution is 6.24. The van der Waals surface area contributed by atoms with E-state index in [0.717, 1.165) is 99.5 Å². The standard InChI is InChI=1S/C63H41N5/c1-5-19-42(20-6-1)46-27-17-29-49(39-46)61-64-62(50-30-18-28-47(40-50)43-21-7-2-8-22-43)66-63(65-61)68-58-38-35-48(44-23-9-3-10-24-44)41-55(58)54-37-36-53-52-32-14-16-34-57(52)67(59(53)60(54)68)56-33-15-13-31-51(56)45-25-11-4-12-26-45/h1-41H. The van der Waals surface area contributed by atoms with Crippen molar-refractivity contribution in [3.8, 4) is 78.9 Å². The van der Waals surface area contributed by atoms with Gasteiger partial charge in [-0.1, -0.05) is 212 Å². The number of rotatable bonds is 8. The molecule has 0 atom stereocenters. The number of aromatic nitrogens is 5. The lowest BCUT2D eigenvalue weighted by Crippen LogP contribution is -2.07. The summed E-state index contributed by atoms with van der Waals surface area (Å²) in [5.74, 6) is 1.71. The lowest BCUT2D eigenvalue weighted by Gasteiger charge is -2.16. The first-order chi connectivity index (χ1) is 33.7. The molecule has 5 heteroatoms. The van der Waals surface area contributed by atoms with Gasteiger partial charge in [-0.05, 0) is 75.3 Å². The van der Waals surface area contributed by atoms with Crippen LogP contribution in [0.3, 0.4) is 0 Å². The van der Waals surface area contributed by atoms with Crippen molar-refractivity contribution in [1.29, 1.82) is 0 Å². The van der Waals surface area contributed by atoms with Crippen LogP contribution in [0.15, 0.2) is 249 Å². The van der Waals surface area contributed by atoms with Gasteiger partial charge in [0.25, 0.3) is 0 Å². The van der Waals surface area contributed by atoms with Crippen molar-refractivity contribution in [2.75, 3.05) is 0 Å². The zero-order valence-corrected chi connectivity index (χ0v) is 36.9. The Bertz CT molecular complexity index is 3900. The van der Waals surface area contributed by atoms with E-state index in [1.54, 1.807) is 0 Å². The van der Waals surface area contributed by atoms with E-state index in [0.29, 0.717) is 17.6 Å².